The van der Waals surface area contributed by atoms with Crippen LogP contribution in [0.4, 0.5) is 0 Å². The molecule has 5 heteroatoms. The average Bonchev–Trinajstić information content (AvgIpc) is 2.49. The number of rotatable bonds is 9. The van der Waals surface area contributed by atoms with Crippen molar-refractivity contribution in [2.75, 3.05) is 33.4 Å². The van der Waals surface area contributed by atoms with Crippen LogP contribution >= 0.6 is 0 Å². The zero-order chi connectivity index (χ0) is 15.7. The van der Waals surface area contributed by atoms with E-state index >= 15 is 0 Å². The first-order valence-corrected chi connectivity index (χ1v) is 7.23. The summed E-state index contributed by atoms with van der Waals surface area (Å²) in [6.07, 6.45) is 0.0585. The van der Waals surface area contributed by atoms with Crippen LogP contribution < -0.4 is 9.47 Å². The van der Waals surface area contributed by atoms with Crippen molar-refractivity contribution >= 4 is 5.91 Å². The molecule has 0 aliphatic carbocycles. The maximum absolute atomic E-state index is 11.9. The molecule has 0 N–H and O–H groups in total. The van der Waals surface area contributed by atoms with Gasteiger partial charge in [-0.2, -0.15) is 0 Å². The second-order valence-electron chi connectivity index (χ2n) is 4.86. The summed E-state index contributed by atoms with van der Waals surface area (Å²) < 4.78 is 16.0. The molecule has 0 aliphatic heterocycles. The first kappa shape index (κ1) is 17.3. The van der Waals surface area contributed by atoms with Crippen molar-refractivity contribution in [3.63, 3.8) is 0 Å². The molecule has 0 heterocycles. The van der Waals surface area contributed by atoms with E-state index in [2.05, 4.69) is 0 Å². The van der Waals surface area contributed by atoms with E-state index in [0.717, 1.165) is 11.5 Å². The summed E-state index contributed by atoms with van der Waals surface area (Å²) in [6.45, 7) is 7.53. The summed E-state index contributed by atoms with van der Waals surface area (Å²) in [5.41, 5.74) is 0. The third kappa shape index (κ3) is 6.49. The highest BCUT2D eigenvalue weighted by Gasteiger charge is 2.12. The van der Waals surface area contributed by atoms with Gasteiger partial charge >= 0.3 is 0 Å². The van der Waals surface area contributed by atoms with Crippen LogP contribution in [0.2, 0.25) is 0 Å². The Morgan fingerprint density at radius 3 is 2.33 bits per heavy atom. The second kappa shape index (κ2) is 9.23. The molecule has 0 aliphatic rings. The van der Waals surface area contributed by atoms with Crippen molar-refractivity contribution in [1.82, 2.24) is 4.90 Å². The van der Waals surface area contributed by atoms with Crippen molar-refractivity contribution in [3.8, 4) is 11.5 Å². The zero-order valence-corrected chi connectivity index (χ0v) is 13.3. The number of likely N-dealkylation sites (N-methyl/N-ethyl adjacent to an activating group) is 1. The molecular formula is C16H25NO4. The molecule has 0 unspecified atom stereocenters. The molecule has 0 bridgehead atoms. The maximum Gasteiger partial charge on any atom is 0.248 e. The van der Waals surface area contributed by atoms with Crippen molar-refractivity contribution in [1.29, 1.82) is 0 Å². The minimum Gasteiger partial charge on any atom is -0.497 e. The van der Waals surface area contributed by atoms with Gasteiger partial charge in [0.25, 0.3) is 0 Å². The number of hydrogen-bond acceptors (Lipinski definition) is 4. The maximum atomic E-state index is 11.9. The lowest BCUT2D eigenvalue weighted by Gasteiger charge is -2.21. The van der Waals surface area contributed by atoms with Crippen LogP contribution in [0.15, 0.2) is 24.3 Å². The molecule has 1 amide bonds. The van der Waals surface area contributed by atoms with E-state index in [1.807, 2.05) is 45.0 Å². The number of nitrogens with zero attached hydrogens (tertiary/aromatic N) is 1. The van der Waals surface area contributed by atoms with Crippen molar-refractivity contribution in [2.45, 2.75) is 26.9 Å². The summed E-state index contributed by atoms with van der Waals surface area (Å²) >= 11 is 0. The number of benzene rings is 1. The smallest absolute Gasteiger partial charge is 0.248 e. The minimum absolute atomic E-state index is 0.00969. The van der Waals surface area contributed by atoms with Crippen LogP contribution in [0.25, 0.3) is 0 Å². The lowest BCUT2D eigenvalue weighted by atomic mass is 10.3. The van der Waals surface area contributed by atoms with Crippen LogP contribution in [0.5, 0.6) is 11.5 Å². The molecule has 0 radical (unpaired) electrons. The van der Waals surface area contributed by atoms with E-state index in [1.54, 1.807) is 12.0 Å². The predicted octanol–water partition coefficient (Wildman–Crippen LogP) is 2.35. The normalized spacial score (nSPS) is 10.5. The van der Waals surface area contributed by atoms with Gasteiger partial charge in [-0.25, -0.2) is 0 Å². The highest BCUT2D eigenvalue weighted by molar-refractivity contribution is 5.77. The largest absolute Gasteiger partial charge is 0.497 e. The van der Waals surface area contributed by atoms with Gasteiger partial charge in [0.15, 0.2) is 0 Å². The monoisotopic (exact) mass is 295 g/mol. The third-order valence-electron chi connectivity index (χ3n) is 2.96. The van der Waals surface area contributed by atoms with Crippen LogP contribution in [0, 0.1) is 0 Å². The lowest BCUT2D eigenvalue weighted by Crippen LogP contribution is -2.37. The molecule has 0 atom stereocenters. The minimum atomic E-state index is -0.00969. The van der Waals surface area contributed by atoms with E-state index < -0.39 is 0 Å². The van der Waals surface area contributed by atoms with Crippen molar-refractivity contribution in [2.24, 2.45) is 0 Å². The van der Waals surface area contributed by atoms with E-state index in [1.165, 1.54) is 0 Å². The Hall–Kier alpha value is -1.75. The average molecular weight is 295 g/mol. The molecule has 1 rings (SSSR count). The topological polar surface area (TPSA) is 48.0 Å². The van der Waals surface area contributed by atoms with Crippen LogP contribution in [0.3, 0.4) is 0 Å². The molecule has 0 aromatic heterocycles. The standard InChI is InChI=1S/C16H25NO4/c1-5-17(16(18)12-21-13(2)3)10-11-20-15-8-6-14(19-4)7-9-15/h6-9,13H,5,10-12H2,1-4H3. The highest BCUT2D eigenvalue weighted by atomic mass is 16.5. The van der Waals surface area contributed by atoms with Gasteiger partial charge in [0.2, 0.25) is 5.91 Å². The fourth-order valence-electron chi connectivity index (χ4n) is 1.73. The van der Waals surface area contributed by atoms with Gasteiger partial charge in [0.1, 0.15) is 24.7 Å². The highest BCUT2D eigenvalue weighted by Crippen LogP contribution is 2.16. The third-order valence-corrected chi connectivity index (χ3v) is 2.96. The number of hydrogen-bond donors (Lipinski definition) is 0. The Labute approximate surface area is 126 Å². The lowest BCUT2D eigenvalue weighted by molar-refractivity contribution is -0.137. The molecule has 1 aromatic rings. The summed E-state index contributed by atoms with van der Waals surface area (Å²) in [5.74, 6) is 1.54. The SMILES string of the molecule is CCN(CCOc1ccc(OC)cc1)C(=O)COC(C)C. The molecule has 0 saturated heterocycles. The second-order valence-corrected chi connectivity index (χ2v) is 4.86. The fourth-order valence-corrected chi connectivity index (χ4v) is 1.73. The number of methoxy groups -OCH3 is 1. The number of ether oxygens (including phenoxy) is 3. The van der Waals surface area contributed by atoms with Gasteiger partial charge < -0.3 is 19.1 Å². The van der Waals surface area contributed by atoms with E-state index in [0.29, 0.717) is 19.7 Å². The van der Waals surface area contributed by atoms with Gasteiger partial charge in [-0.1, -0.05) is 0 Å². The van der Waals surface area contributed by atoms with Crippen molar-refractivity contribution < 1.29 is 19.0 Å². The van der Waals surface area contributed by atoms with E-state index in [9.17, 15) is 4.79 Å². The van der Waals surface area contributed by atoms with Gasteiger partial charge in [-0.3, -0.25) is 4.79 Å². The summed E-state index contributed by atoms with van der Waals surface area (Å²) in [7, 11) is 1.62. The molecule has 0 fully saturated rings. The number of carbonyl (C=O) groups is 1. The van der Waals surface area contributed by atoms with Crippen LogP contribution in [-0.4, -0.2) is 50.3 Å². The summed E-state index contributed by atoms with van der Waals surface area (Å²) in [6, 6.07) is 7.38. The molecule has 0 spiro atoms. The zero-order valence-electron chi connectivity index (χ0n) is 13.3. The number of carbonyl (C=O) groups excluding carboxylic acids is 1. The van der Waals surface area contributed by atoms with Gasteiger partial charge in [0, 0.05) is 6.54 Å². The molecular weight excluding hydrogens is 270 g/mol. The van der Waals surface area contributed by atoms with Crippen LogP contribution in [-0.2, 0) is 9.53 Å². The fraction of sp³-hybridized carbons (Fsp3) is 0.562. The molecule has 5 nitrogen and oxygen atoms in total. The van der Waals surface area contributed by atoms with Crippen LogP contribution in [0.1, 0.15) is 20.8 Å². The quantitative estimate of drug-likeness (QED) is 0.701. The molecule has 118 valence electrons. The van der Waals surface area contributed by atoms with Gasteiger partial charge in [-0.15, -0.1) is 0 Å². The first-order chi connectivity index (χ1) is 10.1. The first-order valence-electron chi connectivity index (χ1n) is 7.23. The van der Waals surface area contributed by atoms with Gasteiger partial charge in [0.05, 0.1) is 19.8 Å². The van der Waals surface area contributed by atoms with Gasteiger partial charge in [-0.05, 0) is 45.0 Å². The molecule has 0 saturated carbocycles. The Balaban J connectivity index is 2.35. The van der Waals surface area contributed by atoms with Crippen molar-refractivity contribution in [3.05, 3.63) is 24.3 Å². The Kier molecular flexibility index (Phi) is 7.61. The number of amides is 1. The Morgan fingerprint density at radius 2 is 1.81 bits per heavy atom. The summed E-state index contributed by atoms with van der Waals surface area (Å²) in [4.78, 5) is 13.7. The predicted molar refractivity (Wildman–Crippen MR) is 81.8 cm³/mol. The van der Waals surface area contributed by atoms with E-state index in [4.69, 9.17) is 14.2 Å². The molecule has 21 heavy (non-hydrogen) atoms. The summed E-state index contributed by atoms with van der Waals surface area (Å²) in [5, 5.41) is 0. The molecule has 1 aromatic carbocycles. The Bertz CT molecular complexity index is 417. The van der Waals surface area contributed by atoms with E-state index in [-0.39, 0.29) is 18.6 Å². The Morgan fingerprint density at radius 1 is 1.19 bits per heavy atom.